The first-order chi connectivity index (χ1) is 17.0. The maximum atomic E-state index is 11.6. The Bertz CT molecular complexity index is 956. The van der Waals surface area contributed by atoms with Crippen molar-refractivity contribution in [2.75, 3.05) is 22.5 Å². The average molecular weight is 479 g/mol. The standard InChI is InChI=1S/C28H42N6O/c1-4-8-23-15-19(2)25(16-23)31-28-33-26(29-17-21-9-6-5-7-10-21)32-27(34-28)30-18-22-11-13-24(14-12-22)20(3)35/h11-14,19,21,23,25H,4-10,15-18H2,1-3H3,(H3,29,30,31,32,33,34). The molecule has 1 heterocycles. The highest BCUT2D eigenvalue weighted by molar-refractivity contribution is 5.94. The first kappa shape index (κ1) is 25.4. The SMILES string of the molecule is CCCC1CC(C)C(Nc2nc(NCc3ccc(C(C)=O)cc3)nc(NCC3CCCCC3)n2)C1. The molecule has 0 radical (unpaired) electrons. The minimum Gasteiger partial charge on any atom is -0.354 e. The van der Waals surface area contributed by atoms with Crippen molar-refractivity contribution in [1.29, 1.82) is 0 Å². The molecule has 3 unspecified atom stereocenters. The summed E-state index contributed by atoms with van der Waals surface area (Å²) in [5.74, 6) is 4.02. The number of carbonyl (C=O) groups is 1. The Hall–Kier alpha value is -2.70. The van der Waals surface area contributed by atoms with Crippen LogP contribution >= 0.6 is 0 Å². The Morgan fingerprint density at radius 3 is 2.29 bits per heavy atom. The molecule has 2 saturated carbocycles. The molecular formula is C28H42N6O. The van der Waals surface area contributed by atoms with Crippen LogP contribution in [-0.4, -0.2) is 33.3 Å². The van der Waals surface area contributed by atoms with Crippen LogP contribution in [0.1, 0.15) is 94.5 Å². The highest BCUT2D eigenvalue weighted by Gasteiger charge is 2.31. The number of carbonyl (C=O) groups excluding carboxylic acids is 1. The molecule has 7 nitrogen and oxygen atoms in total. The molecule has 0 amide bonds. The maximum Gasteiger partial charge on any atom is 0.229 e. The number of hydrogen-bond donors (Lipinski definition) is 3. The van der Waals surface area contributed by atoms with Gasteiger partial charge in [0.05, 0.1) is 0 Å². The molecule has 7 heteroatoms. The van der Waals surface area contributed by atoms with E-state index in [-0.39, 0.29) is 5.78 Å². The molecule has 0 spiro atoms. The minimum atomic E-state index is 0.0775. The van der Waals surface area contributed by atoms with Crippen LogP contribution < -0.4 is 16.0 Å². The molecule has 190 valence electrons. The number of anilines is 3. The molecule has 3 N–H and O–H groups in total. The van der Waals surface area contributed by atoms with Gasteiger partial charge >= 0.3 is 0 Å². The van der Waals surface area contributed by atoms with Gasteiger partial charge in [-0.15, -0.1) is 0 Å². The number of aromatic nitrogens is 3. The van der Waals surface area contributed by atoms with Crippen molar-refractivity contribution in [2.45, 2.75) is 91.1 Å². The van der Waals surface area contributed by atoms with Crippen LogP contribution in [0.2, 0.25) is 0 Å². The van der Waals surface area contributed by atoms with E-state index in [1.807, 2.05) is 24.3 Å². The molecule has 0 aliphatic heterocycles. The molecule has 0 saturated heterocycles. The van der Waals surface area contributed by atoms with Crippen LogP contribution in [0.4, 0.5) is 17.8 Å². The van der Waals surface area contributed by atoms with Gasteiger partial charge in [0.1, 0.15) is 0 Å². The summed E-state index contributed by atoms with van der Waals surface area (Å²) in [6.07, 6.45) is 11.5. The number of benzene rings is 1. The number of nitrogens with one attached hydrogen (secondary N) is 3. The second-order valence-corrected chi connectivity index (χ2v) is 10.7. The van der Waals surface area contributed by atoms with Gasteiger partial charge in [-0.2, -0.15) is 15.0 Å². The average Bonchev–Trinajstić information content (AvgIpc) is 3.21. The second kappa shape index (κ2) is 12.3. The lowest BCUT2D eigenvalue weighted by atomic mass is 9.89. The number of nitrogens with zero attached hydrogens (tertiary/aromatic N) is 3. The lowest BCUT2D eigenvalue weighted by molar-refractivity contribution is 0.101. The summed E-state index contributed by atoms with van der Waals surface area (Å²) in [6.45, 7) is 7.69. The van der Waals surface area contributed by atoms with Gasteiger partial charge in [0.25, 0.3) is 0 Å². The van der Waals surface area contributed by atoms with Crippen molar-refractivity contribution in [2.24, 2.45) is 17.8 Å². The Kier molecular flexibility index (Phi) is 8.94. The fraction of sp³-hybridized carbons (Fsp3) is 0.643. The maximum absolute atomic E-state index is 11.6. The van der Waals surface area contributed by atoms with Crippen LogP contribution in [-0.2, 0) is 6.54 Å². The Labute approximate surface area is 210 Å². The fourth-order valence-electron chi connectivity index (χ4n) is 5.65. The van der Waals surface area contributed by atoms with Crippen molar-refractivity contribution < 1.29 is 4.79 Å². The predicted molar refractivity (Wildman–Crippen MR) is 143 cm³/mol. The smallest absolute Gasteiger partial charge is 0.229 e. The second-order valence-electron chi connectivity index (χ2n) is 10.7. The topological polar surface area (TPSA) is 91.8 Å². The number of ketones is 1. The van der Waals surface area contributed by atoms with E-state index in [0.717, 1.165) is 23.6 Å². The lowest BCUT2D eigenvalue weighted by Crippen LogP contribution is -2.25. The van der Waals surface area contributed by atoms with Crippen LogP contribution in [0.3, 0.4) is 0 Å². The molecule has 2 aromatic rings. The lowest BCUT2D eigenvalue weighted by Gasteiger charge is -2.22. The normalized spacial score (nSPS) is 22.7. The van der Waals surface area contributed by atoms with Crippen LogP contribution in [0.5, 0.6) is 0 Å². The zero-order valence-electron chi connectivity index (χ0n) is 21.6. The summed E-state index contributed by atoms with van der Waals surface area (Å²) in [5.41, 5.74) is 1.80. The van der Waals surface area contributed by atoms with Gasteiger partial charge in [-0.1, -0.05) is 70.2 Å². The van der Waals surface area contributed by atoms with Gasteiger partial charge in [0.2, 0.25) is 17.8 Å². The summed E-state index contributed by atoms with van der Waals surface area (Å²) in [5, 5.41) is 10.5. The van der Waals surface area contributed by atoms with Gasteiger partial charge < -0.3 is 16.0 Å². The molecule has 1 aromatic carbocycles. The molecule has 35 heavy (non-hydrogen) atoms. The quantitative estimate of drug-likeness (QED) is 0.326. The van der Waals surface area contributed by atoms with Gasteiger partial charge in [-0.25, -0.2) is 0 Å². The first-order valence-corrected chi connectivity index (χ1v) is 13.6. The van der Waals surface area contributed by atoms with Crippen LogP contribution in [0, 0.1) is 17.8 Å². The summed E-state index contributed by atoms with van der Waals surface area (Å²) < 4.78 is 0. The Balaban J connectivity index is 1.45. The van der Waals surface area contributed by atoms with Crippen LogP contribution in [0.25, 0.3) is 0 Å². The minimum absolute atomic E-state index is 0.0775. The van der Waals surface area contributed by atoms with E-state index in [4.69, 9.17) is 9.97 Å². The molecule has 2 aliphatic carbocycles. The van der Waals surface area contributed by atoms with Crippen LogP contribution in [0.15, 0.2) is 24.3 Å². The Morgan fingerprint density at radius 1 is 0.914 bits per heavy atom. The first-order valence-electron chi connectivity index (χ1n) is 13.6. The van der Waals surface area contributed by atoms with E-state index in [9.17, 15) is 4.79 Å². The van der Waals surface area contributed by atoms with Crippen molar-refractivity contribution in [3.63, 3.8) is 0 Å². The summed E-state index contributed by atoms with van der Waals surface area (Å²) in [6, 6.07) is 8.07. The predicted octanol–water partition coefficient (Wildman–Crippen LogP) is 6.31. The van der Waals surface area contributed by atoms with Crippen molar-refractivity contribution in [3.8, 4) is 0 Å². The Morgan fingerprint density at radius 2 is 1.60 bits per heavy atom. The van der Waals surface area contributed by atoms with Gasteiger partial charge in [-0.3, -0.25) is 4.79 Å². The van der Waals surface area contributed by atoms with E-state index in [2.05, 4.69) is 34.8 Å². The summed E-state index contributed by atoms with van der Waals surface area (Å²) in [4.78, 5) is 25.7. The molecule has 1 aromatic heterocycles. The summed E-state index contributed by atoms with van der Waals surface area (Å²) >= 11 is 0. The molecule has 0 bridgehead atoms. The number of hydrogen-bond acceptors (Lipinski definition) is 7. The molecule has 4 rings (SSSR count). The van der Waals surface area contributed by atoms with Crippen molar-refractivity contribution in [1.82, 2.24) is 15.0 Å². The van der Waals surface area contributed by atoms with Crippen molar-refractivity contribution in [3.05, 3.63) is 35.4 Å². The van der Waals surface area contributed by atoms with E-state index in [1.54, 1.807) is 6.92 Å². The van der Waals surface area contributed by atoms with Gasteiger partial charge in [0, 0.05) is 24.7 Å². The highest BCUT2D eigenvalue weighted by atomic mass is 16.1. The molecule has 2 fully saturated rings. The third kappa shape index (κ3) is 7.39. The van der Waals surface area contributed by atoms with E-state index < -0.39 is 0 Å². The van der Waals surface area contributed by atoms with E-state index in [1.165, 1.54) is 57.8 Å². The largest absolute Gasteiger partial charge is 0.354 e. The van der Waals surface area contributed by atoms with E-state index >= 15 is 0 Å². The van der Waals surface area contributed by atoms with E-state index in [0.29, 0.717) is 42.3 Å². The monoisotopic (exact) mass is 478 g/mol. The third-order valence-electron chi connectivity index (χ3n) is 7.71. The number of rotatable bonds is 11. The summed E-state index contributed by atoms with van der Waals surface area (Å²) in [7, 11) is 0. The van der Waals surface area contributed by atoms with Gasteiger partial charge in [-0.05, 0) is 55.9 Å². The fourth-order valence-corrected chi connectivity index (χ4v) is 5.65. The third-order valence-corrected chi connectivity index (χ3v) is 7.71. The number of Topliss-reactive ketones (excluding diaryl/α,β-unsaturated/α-hetero) is 1. The zero-order chi connectivity index (χ0) is 24.6. The molecular weight excluding hydrogens is 436 g/mol. The molecule has 2 aliphatic rings. The van der Waals surface area contributed by atoms with Crippen molar-refractivity contribution >= 4 is 23.6 Å². The zero-order valence-corrected chi connectivity index (χ0v) is 21.6. The van der Waals surface area contributed by atoms with Gasteiger partial charge in [0.15, 0.2) is 5.78 Å². The molecule has 3 atom stereocenters. The highest BCUT2D eigenvalue weighted by Crippen LogP contribution is 2.35.